The van der Waals surface area contributed by atoms with Gasteiger partial charge < -0.3 is 4.74 Å². The Kier molecular flexibility index (Phi) is 4.68. The Bertz CT molecular complexity index is 213. The van der Waals surface area contributed by atoms with Crippen LogP contribution in [0.15, 0.2) is 0 Å². The summed E-state index contributed by atoms with van der Waals surface area (Å²) in [6, 6.07) is 0. The van der Waals surface area contributed by atoms with Gasteiger partial charge in [-0.3, -0.25) is 4.79 Å². The molecule has 0 unspecified atom stereocenters. The highest BCUT2D eigenvalue weighted by Gasteiger charge is 2.23. The molecule has 0 saturated heterocycles. The zero-order chi connectivity index (χ0) is 11.2. The van der Waals surface area contributed by atoms with Crippen LogP contribution in [0.2, 0.25) is 0 Å². The van der Waals surface area contributed by atoms with Gasteiger partial charge in [0, 0.05) is 0 Å². The largest absolute Gasteiger partial charge is 0.465 e. The molecule has 2 aliphatic rings. The highest BCUT2D eigenvalue weighted by atomic mass is 16.5. The number of esters is 1. The van der Waals surface area contributed by atoms with Crippen molar-refractivity contribution in [3.63, 3.8) is 0 Å². The summed E-state index contributed by atoms with van der Waals surface area (Å²) in [6.07, 6.45) is 12.4. The van der Waals surface area contributed by atoms with Crippen molar-refractivity contribution in [3.05, 3.63) is 0 Å². The Labute approximate surface area is 98.7 Å². The van der Waals surface area contributed by atoms with Gasteiger partial charge in [-0.15, -0.1) is 0 Å². The monoisotopic (exact) mass is 224 g/mol. The molecule has 0 aliphatic heterocycles. The van der Waals surface area contributed by atoms with Crippen molar-refractivity contribution in [3.8, 4) is 0 Å². The summed E-state index contributed by atoms with van der Waals surface area (Å²) < 4.78 is 5.48. The molecule has 0 bridgehead atoms. The molecule has 2 rings (SSSR count). The van der Waals surface area contributed by atoms with Gasteiger partial charge in [0.2, 0.25) is 0 Å². The normalized spacial score (nSPS) is 24.2. The zero-order valence-corrected chi connectivity index (χ0v) is 10.2. The standard InChI is InChI=1S/C14H24O2/c15-14(13-9-5-2-6-10-13)16-11-12-7-3-1-4-8-12/h12-13H,1-11H2. The lowest BCUT2D eigenvalue weighted by atomic mass is 9.89. The van der Waals surface area contributed by atoms with E-state index in [0.29, 0.717) is 12.5 Å². The van der Waals surface area contributed by atoms with Gasteiger partial charge in [0.25, 0.3) is 0 Å². The van der Waals surface area contributed by atoms with E-state index >= 15 is 0 Å². The van der Waals surface area contributed by atoms with Crippen molar-refractivity contribution >= 4 is 5.97 Å². The smallest absolute Gasteiger partial charge is 0.308 e. The second kappa shape index (κ2) is 6.27. The molecule has 2 fully saturated rings. The van der Waals surface area contributed by atoms with Crippen molar-refractivity contribution in [2.75, 3.05) is 6.61 Å². The second-order valence-corrected chi connectivity index (χ2v) is 5.47. The highest BCUT2D eigenvalue weighted by Crippen LogP contribution is 2.27. The van der Waals surface area contributed by atoms with Crippen molar-refractivity contribution in [1.82, 2.24) is 0 Å². The van der Waals surface area contributed by atoms with E-state index in [1.165, 1.54) is 51.4 Å². The Morgan fingerprint density at radius 2 is 1.44 bits per heavy atom. The minimum absolute atomic E-state index is 0.0882. The molecule has 2 saturated carbocycles. The summed E-state index contributed by atoms with van der Waals surface area (Å²) in [7, 11) is 0. The lowest BCUT2D eigenvalue weighted by Crippen LogP contribution is -2.23. The third-order valence-corrected chi connectivity index (χ3v) is 4.12. The van der Waals surface area contributed by atoms with Crippen LogP contribution in [-0.4, -0.2) is 12.6 Å². The van der Waals surface area contributed by atoms with Gasteiger partial charge in [0.15, 0.2) is 0 Å². The van der Waals surface area contributed by atoms with E-state index in [0.717, 1.165) is 12.8 Å². The molecule has 0 aromatic rings. The average Bonchev–Trinajstić information content (AvgIpc) is 2.38. The molecule has 0 aromatic heterocycles. The summed E-state index contributed by atoms with van der Waals surface area (Å²) in [5.74, 6) is 0.962. The minimum atomic E-state index is 0.0882. The first kappa shape index (κ1) is 11.9. The van der Waals surface area contributed by atoms with Gasteiger partial charge in [-0.05, 0) is 31.6 Å². The molecule has 2 nitrogen and oxygen atoms in total. The van der Waals surface area contributed by atoms with Crippen LogP contribution >= 0.6 is 0 Å². The van der Waals surface area contributed by atoms with Gasteiger partial charge in [-0.1, -0.05) is 38.5 Å². The van der Waals surface area contributed by atoms with Crippen molar-refractivity contribution in [2.45, 2.75) is 64.2 Å². The van der Waals surface area contributed by atoms with E-state index < -0.39 is 0 Å². The average molecular weight is 224 g/mol. The first-order chi connectivity index (χ1) is 7.86. The number of hydrogen-bond donors (Lipinski definition) is 0. The molecule has 0 spiro atoms. The van der Waals surface area contributed by atoms with Crippen LogP contribution in [0.4, 0.5) is 0 Å². The fourth-order valence-electron chi connectivity index (χ4n) is 3.01. The maximum atomic E-state index is 11.8. The molecule has 2 heteroatoms. The Morgan fingerprint density at radius 3 is 2.06 bits per heavy atom. The van der Waals surface area contributed by atoms with Crippen LogP contribution in [0.3, 0.4) is 0 Å². The highest BCUT2D eigenvalue weighted by molar-refractivity contribution is 5.72. The molecule has 92 valence electrons. The molecule has 0 N–H and O–H groups in total. The molecular formula is C14H24O2. The number of carbonyl (C=O) groups is 1. The van der Waals surface area contributed by atoms with E-state index in [-0.39, 0.29) is 11.9 Å². The maximum Gasteiger partial charge on any atom is 0.308 e. The maximum absolute atomic E-state index is 11.8. The van der Waals surface area contributed by atoms with Crippen LogP contribution in [0, 0.1) is 11.8 Å². The Morgan fingerprint density at radius 1 is 0.875 bits per heavy atom. The van der Waals surface area contributed by atoms with Gasteiger partial charge in [0.05, 0.1) is 12.5 Å². The molecule has 16 heavy (non-hydrogen) atoms. The molecular weight excluding hydrogens is 200 g/mol. The third-order valence-electron chi connectivity index (χ3n) is 4.12. The number of hydrogen-bond acceptors (Lipinski definition) is 2. The fraction of sp³-hybridized carbons (Fsp3) is 0.929. The summed E-state index contributed by atoms with van der Waals surface area (Å²) >= 11 is 0. The lowest BCUT2D eigenvalue weighted by Gasteiger charge is -2.24. The molecule has 2 aliphatic carbocycles. The summed E-state index contributed by atoms with van der Waals surface area (Å²) in [4.78, 5) is 11.8. The van der Waals surface area contributed by atoms with Gasteiger partial charge in [-0.25, -0.2) is 0 Å². The van der Waals surface area contributed by atoms with Crippen LogP contribution in [0.5, 0.6) is 0 Å². The van der Waals surface area contributed by atoms with E-state index in [1.54, 1.807) is 0 Å². The van der Waals surface area contributed by atoms with Gasteiger partial charge in [-0.2, -0.15) is 0 Å². The SMILES string of the molecule is O=C(OCC1CCCCC1)C1CCCCC1. The summed E-state index contributed by atoms with van der Waals surface area (Å²) in [5, 5.41) is 0. The van der Waals surface area contributed by atoms with Crippen LogP contribution in [-0.2, 0) is 9.53 Å². The van der Waals surface area contributed by atoms with E-state index in [4.69, 9.17) is 4.74 Å². The Balaban J connectivity index is 1.65. The number of carbonyl (C=O) groups excluding carboxylic acids is 1. The van der Waals surface area contributed by atoms with Gasteiger partial charge in [0.1, 0.15) is 0 Å². The van der Waals surface area contributed by atoms with Crippen molar-refractivity contribution in [2.24, 2.45) is 11.8 Å². The predicted octanol–water partition coefficient (Wildman–Crippen LogP) is 3.69. The van der Waals surface area contributed by atoms with Crippen LogP contribution < -0.4 is 0 Å². The van der Waals surface area contributed by atoms with Crippen molar-refractivity contribution in [1.29, 1.82) is 0 Å². The Hall–Kier alpha value is -0.530. The molecule has 0 radical (unpaired) electrons. The van der Waals surface area contributed by atoms with E-state index in [2.05, 4.69) is 0 Å². The van der Waals surface area contributed by atoms with Gasteiger partial charge >= 0.3 is 5.97 Å². The van der Waals surface area contributed by atoms with E-state index in [1.807, 2.05) is 0 Å². The number of ether oxygens (including phenoxy) is 1. The third kappa shape index (κ3) is 3.50. The van der Waals surface area contributed by atoms with E-state index in [9.17, 15) is 4.79 Å². The molecule has 0 aromatic carbocycles. The van der Waals surface area contributed by atoms with Crippen LogP contribution in [0.1, 0.15) is 64.2 Å². The van der Waals surface area contributed by atoms with Crippen molar-refractivity contribution < 1.29 is 9.53 Å². The first-order valence-electron chi connectivity index (χ1n) is 7.03. The zero-order valence-electron chi connectivity index (χ0n) is 10.2. The fourth-order valence-corrected chi connectivity index (χ4v) is 3.01. The summed E-state index contributed by atoms with van der Waals surface area (Å²) in [6.45, 7) is 0.690. The first-order valence-corrected chi connectivity index (χ1v) is 7.03. The molecule has 0 heterocycles. The predicted molar refractivity (Wildman–Crippen MR) is 64.1 cm³/mol. The quantitative estimate of drug-likeness (QED) is 0.683. The lowest BCUT2D eigenvalue weighted by molar-refractivity contribution is -0.151. The second-order valence-electron chi connectivity index (χ2n) is 5.47. The summed E-state index contributed by atoms with van der Waals surface area (Å²) in [5.41, 5.74) is 0. The number of rotatable bonds is 3. The molecule has 0 atom stereocenters. The van der Waals surface area contributed by atoms with Crippen LogP contribution in [0.25, 0.3) is 0 Å². The molecule has 0 amide bonds. The topological polar surface area (TPSA) is 26.3 Å². The minimum Gasteiger partial charge on any atom is -0.465 e.